The van der Waals surface area contributed by atoms with Crippen LogP contribution >= 0.6 is 0 Å². The Bertz CT molecular complexity index is 2130. The summed E-state index contributed by atoms with van der Waals surface area (Å²) in [5, 5.41) is 2.30. The number of imidazole rings is 1. The lowest BCUT2D eigenvalue weighted by Crippen LogP contribution is -1.99. The first kappa shape index (κ1) is 22.4. The number of fused-ring (bicyclic) bond motifs is 5. The monoisotopic (exact) mass is 513 g/mol. The van der Waals surface area contributed by atoms with Crippen molar-refractivity contribution in [2.24, 2.45) is 0 Å². The largest absolute Gasteiger partial charge is 0.309 e. The highest BCUT2D eigenvalue weighted by molar-refractivity contribution is 6.20. The van der Waals surface area contributed by atoms with E-state index in [0.717, 1.165) is 50.3 Å². The molecule has 0 aliphatic rings. The van der Waals surface area contributed by atoms with Crippen molar-refractivity contribution in [2.75, 3.05) is 0 Å². The van der Waals surface area contributed by atoms with Gasteiger partial charge in [0.2, 0.25) is 0 Å². The van der Waals surface area contributed by atoms with Crippen LogP contribution in [0.1, 0.15) is 0 Å². The molecule has 0 radical (unpaired) electrons. The Balaban J connectivity index is 1.42. The van der Waals surface area contributed by atoms with Gasteiger partial charge in [0.05, 0.1) is 22.1 Å². The summed E-state index contributed by atoms with van der Waals surface area (Å²) in [4.78, 5) is 14.2. The molecule has 0 bridgehead atoms. The van der Waals surface area contributed by atoms with E-state index >= 15 is 0 Å². The fourth-order valence-electron chi connectivity index (χ4n) is 5.72. The van der Waals surface area contributed by atoms with Gasteiger partial charge in [0.1, 0.15) is 11.6 Å². The van der Waals surface area contributed by atoms with Crippen molar-refractivity contribution < 1.29 is 0 Å². The average Bonchev–Trinajstić information content (AvgIpc) is 3.59. The molecule has 0 aliphatic carbocycles. The molecule has 0 amide bonds. The first-order valence-corrected chi connectivity index (χ1v) is 13.3. The lowest BCUT2D eigenvalue weighted by atomic mass is 10.1. The quantitative estimate of drug-likeness (QED) is 0.238. The Morgan fingerprint density at radius 2 is 1.20 bits per heavy atom. The summed E-state index contributed by atoms with van der Waals surface area (Å²) < 4.78 is 4.48. The van der Waals surface area contributed by atoms with Gasteiger partial charge in [0.15, 0.2) is 0 Å². The van der Waals surface area contributed by atoms with E-state index in [1.54, 1.807) is 12.4 Å². The molecule has 5 nitrogen and oxygen atoms in total. The zero-order chi connectivity index (χ0) is 26.5. The molecule has 0 atom stereocenters. The van der Waals surface area contributed by atoms with Crippen LogP contribution in [0, 0.1) is 0 Å². The molecule has 0 fully saturated rings. The van der Waals surface area contributed by atoms with Gasteiger partial charge < -0.3 is 4.57 Å². The van der Waals surface area contributed by atoms with Gasteiger partial charge in [0.25, 0.3) is 0 Å². The molecule has 188 valence electrons. The average molecular weight is 514 g/mol. The van der Waals surface area contributed by atoms with Crippen LogP contribution in [0.2, 0.25) is 0 Å². The second kappa shape index (κ2) is 9.03. The van der Waals surface area contributed by atoms with E-state index in [9.17, 15) is 0 Å². The van der Waals surface area contributed by atoms with E-state index in [-0.39, 0.29) is 0 Å². The molecule has 4 heterocycles. The number of hydrogen-bond donors (Lipinski definition) is 0. The number of rotatable bonds is 4. The van der Waals surface area contributed by atoms with Gasteiger partial charge in [-0.1, -0.05) is 66.7 Å². The maximum absolute atomic E-state index is 5.28. The van der Waals surface area contributed by atoms with Gasteiger partial charge in [-0.05, 0) is 65.7 Å². The summed E-state index contributed by atoms with van der Waals surface area (Å²) in [6, 6.07) is 42.2. The number of aromatic nitrogens is 5. The molecule has 0 unspecified atom stereocenters. The van der Waals surface area contributed by atoms with E-state index in [0.29, 0.717) is 0 Å². The Morgan fingerprint density at radius 3 is 2.00 bits per heavy atom. The molecular weight excluding hydrogens is 490 g/mol. The minimum Gasteiger partial charge on any atom is -0.309 e. The van der Waals surface area contributed by atoms with Crippen molar-refractivity contribution in [1.29, 1.82) is 0 Å². The molecule has 0 saturated heterocycles. The maximum Gasteiger partial charge on any atom is 0.147 e. The molecular formula is C35H23N5. The highest BCUT2D eigenvalue weighted by Gasteiger charge is 2.21. The Kier molecular flexibility index (Phi) is 5.07. The predicted octanol–water partition coefficient (Wildman–Crippen LogP) is 8.25. The summed E-state index contributed by atoms with van der Waals surface area (Å²) in [5.74, 6) is 1.67. The van der Waals surface area contributed by atoms with E-state index in [4.69, 9.17) is 4.98 Å². The summed E-state index contributed by atoms with van der Waals surface area (Å²) in [5.41, 5.74) is 8.74. The standard InChI is InChI=1S/C35H23N5/c1-2-8-24(9-3-1)25-13-15-27(16-14-25)39-29-11-5-4-10-28(29)33-30(39)17-18-31-34(33)38-35(26-19-22-36-23-20-26)40(31)32-12-6-7-21-37-32/h1-23H. The van der Waals surface area contributed by atoms with Crippen molar-refractivity contribution >= 4 is 32.8 Å². The number of nitrogens with zero attached hydrogens (tertiary/aromatic N) is 5. The van der Waals surface area contributed by atoms with E-state index in [1.165, 1.54) is 16.5 Å². The van der Waals surface area contributed by atoms with Gasteiger partial charge in [-0.25, -0.2) is 9.97 Å². The van der Waals surface area contributed by atoms with Crippen LogP contribution in [0.5, 0.6) is 0 Å². The normalized spacial score (nSPS) is 11.5. The molecule has 4 aromatic heterocycles. The smallest absolute Gasteiger partial charge is 0.147 e. The van der Waals surface area contributed by atoms with E-state index < -0.39 is 0 Å². The van der Waals surface area contributed by atoms with Crippen molar-refractivity contribution in [2.45, 2.75) is 0 Å². The molecule has 0 spiro atoms. The zero-order valence-electron chi connectivity index (χ0n) is 21.5. The number of para-hydroxylation sites is 1. The Hall–Kier alpha value is -5.55. The lowest BCUT2D eigenvalue weighted by Gasteiger charge is -2.10. The molecule has 0 saturated carbocycles. The Labute approximate surface area is 230 Å². The van der Waals surface area contributed by atoms with E-state index in [1.807, 2.05) is 42.6 Å². The summed E-state index contributed by atoms with van der Waals surface area (Å²) in [6.07, 6.45) is 5.43. The first-order chi connectivity index (χ1) is 19.9. The third-order valence-electron chi connectivity index (χ3n) is 7.51. The first-order valence-electron chi connectivity index (χ1n) is 13.3. The predicted molar refractivity (Wildman–Crippen MR) is 162 cm³/mol. The third kappa shape index (κ3) is 3.45. The Morgan fingerprint density at radius 1 is 0.475 bits per heavy atom. The minimum absolute atomic E-state index is 0.830. The highest BCUT2D eigenvalue weighted by Crippen LogP contribution is 2.39. The van der Waals surface area contributed by atoms with Gasteiger partial charge >= 0.3 is 0 Å². The van der Waals surface area contributed by atoms with Crippen molar-refractivity contribution in [3.63, 3.8) is 0 Å². The van der Waals surface area contributed by atoms with Crippen LogP contribution in [0.3, 0.4) is 0 Å². The highest BCUT2D eigenvalue weighted by atomic mass is 15.1. The number of pyridine rings is 2. The van der Waals surface area contributed by atoms with Crippen LogP contribution in [0.25, 0.3) is 66.9 Å². The molecule has 4 aromatic carbocycles. The zero-order valence-corrected chi connectivity index (χ0v) is 21.5. The molecule has 8 rings (SSSR count). The van der Waals surface area contributed by atoms with Crippen LogP contribution in [-0.2, 0) is 0 Å². The lowest BCUT2D eigenvalue weighted by molar-refractivity contribution is 1.03. The molecule has 0 aliphatic heterocycles. The maximum atomic E-state index is 5.28. The second-order valence-corrected chi connectivity index (χ2v) is 9.79. The van der Waals surface area contributed by atoms with Crippen LogP contribution in [-0.4, -0.2) is 24.1 Å². The summed E-state index contributed by atoms with van der Waals surface area (Å²) in [6.45, 7) is 0. The van der Waals surface area contributed by atoms with Gasteiger partial charge in [-0.3, -0.25) is 9.55 Å². The SMILES string of the molecule is c1ccc(-c2ccc(-n3c4ccccc4c4c5nc(-c6ccncc6)n(-c6ccccn6)c5ccc43)cc2)cc1. The fraction of sp³-hybridized carbons (Fsp3) is 0. The van der Waals surface area contributed by atoms with Crippen LogP contribution < -0.4 is 0 Å². The third-order valence-corrected chi connectivity index (χ3v) is 7.51. The van der Waals surface area contributed by atoms with Crippen molar-refractivity contribution in [1.82, 2.24) is 24.1 Å². The van der Waals surface area contributed by atoms with Crippen LogP contribution in [0.15, 0.2) is 140 Å². The van der Waals surface area contributed by atoms with Crippen molar-refractivity contribution in [3.8, 4) is 34.0 Å². The summed E-state index contributed by atoms with van der Waals surface area (Å²) >= 11 is 0. The van der Waals surface area contributed by atoms with Crippen LogP contribution in [0.4, 0.5) is 0 Å². The van der Waals surface area contributed by atoms with Gasteiger partial charge in [-0.15, -0.1) is 0 Å². The molecule has 40 heavy (non-hydrogen) atoms. The van der Waals surface area contributed by atoms with Gasteiger partial charge in [0, 0.05) is 40.6 Å². The van der Waals surface area contributed by atoms with Crippen molar-refractivity contribution in [3.05, 3.63) is 140 Å². The topological polar surface area (TPSA) is 48.5 Å². The molecule has 0 N–H and O–H groups in total. The number of hydrogen-bond acceptors (Lipinski definition) is 3. The second-order valence-electron chi connectivity index (χ2n) is 9.79. The number of benzene rings is 4. The summed E-state index contributed by atoms with van der Waals surface area (Å²) in [7, 11) is 0. The fourth-order valence-corrected chi connectivity index (χ4v) is 5.72. The minimum atomic E-state index is 0.830. The molecule has 8 aromatic rings. The van der Waals surface area contributed by atoms with Gasteiger partial charge in [-0.2, -0.15) is 0 Å². The molecule has 5 heteroatoms. The van der Waals surface area contributed by atoms with E-state index in [2.05, 4.69) is 104 Å².